The molecule has 3 nitrogen and oxygen atoms in total. The third-order valence-electron chi connectivity index (χ3n) is 6.61. The van der Waals surface area contributed by atoms with Crippen molar-refractivity contribution in [3.63, 3.8) is 0 Å². The molecule has 6 rings (SSSR count). The van der Waals surface area contributed by atoms with E-state index in [1.807, 2.05) is 0 Å². The Morgan fingerprint density at radius 1 is 0.897 bits per heavy atom. The zero-order valence-electron chi connectivity index (χ0n) is 17.0. The summed E-state index contributed by atoms with van der Waals surface area (Å²) >= 11 is 0. The molecule has 6 aromatic rings. The standard InChI is InChI=1S/C26H20N3/c1-14-12-15(2)24-21(16(14)3)25-22-17(10-11-28(25)5)13-19(27-4)23-18-8-6-7-9-20(18)29(24)26(22)23/h6-13H,1-3,5H3/q+1. The molecule has 138 valence electrons. The first-order valence-corrected chi connectivity index (χ1v) is 9.90. The summed E-state index contributed by atoms with van der Waals surface area (Å²) in [6.45, 7) is 14.5. The Labute approximate surface area is 168 Å². The molecular formula is C26H20N3+. The quantitative estimate of drug-likeness (QED) is 0.128. The van der Waals surface area contributed by atoms with E-state index in [2.05, 4.69) is 90.3 Å². The van der Waals surface area contributed by atoms with Crippen molar-refractivity contribution >= 4 is 54.7 Å². The number of pyridine rings is 2. The lowest BCUT2D eigenvalue weighted by atomic mass is 9.95. The third-order valence-corrected chi connectivity index (χ3v) is 6.61. The third kappa shape index (κ3) is 1.80. The highest BCUT2D eigenvalue weighted by Gasteiger charge is 2.26. The number of fused-ring (bicyclic) bond motifs is 6. The van der Waals surface area contributed by atoms with E-state index in [0.717, 1.165) is 21.8 Å². The van der Waals surface area contributed by atoms with Crippen molar-refractivity contribution in [2.45, 2.75) is 20.8 Å². The Balaban J connectivity index is 2.19. The fourth-order valence-electron chi connectivity index (χ4n) is 5.26. The SMILES string of the molecule is [C-]#[N+]c1cc2cc[n+](C)c3c4c(C)c(C)cc(C)c4n4c5ccccc5c1c4c23. The van der Waals surface area contributed by atoms with Crippen molar-refractivity contribution in [1.82, 2.24) is 4.40 Å². The van der Waals surface area contributed by atoms with E-state index in [9.17, 15) is 0 Å². The number of nitrogens with zero attached hydrogens (tertiary/aromatic N) is 3. The topological polar surface area (TPSA) is 12.7 Å². The fraction of sp³-hybridized carbons (Fsp3) is 0.154. The maximum atomic E-state index is 7.86. The van der Waals surface area contributed by atoms with E-state index >= 15 is 0 Å². The first-order valence-electron chi connectivity index (χ1n) is 9.90. The molecule has 3 heterocycles. The van der Waals surface area contributed by atoms with Gasteiger partial charge in [-0.3, -0.25) is 0 Å². The van der Waals surface area contributed by atoms with Crippen molar-refractivity contribution in [3.8, 4) is 0 Å². The summed E-state index contributed by atoms with van der Waals surface area (Å²) < 4.78 is 4.65. The van der Waals surface area contributed by atoms with Crippen LogP contribution in [-0.4, -0.2) is 4.40 Å². The second-order valence-electron chi connectivity index (χ2n) is 8.18. The molecule has 0 spiro atoms. The molecule has 0 aliphatic rings. The van der Waals surface area contributed by atoms with Crippen LogP contribution in [0.4, 0.5) is 5.69 Å². The Kier molecular flexibility index (Phi) is 2.95. The van der Waals surface area contributed by atoms with E-state index in [1.54, 1.807) is 0 Å². The monoisotopic (exact) mass is 374 g/mol. The molecule has 3 aromatic carbocycles. The molecule has 0 saturated heterocycles. The summed E-state index contributed by atoms with van der Waals surface area (Å²) in [6, 6.07) is 15.0. The lowest BCUT2D eigenvalue weighted by Gasteiger charge is -2.16. The Bertz CT molecular complexity index is 1690. The van der Waals surface area contributed by atoms with Gasteiger partial charge < -0.3 is 4.40 Å². The number of rotatable bonds is 0. The first-order chi connectivity index (χ1) is 14.0. The predicted octanol–water partition coefficient (Wildman–Crippen LogP) is 6.29. The van der Waals surface area contributed by atoms with Crippen LogP contribution in [0.1, 0.15) is 16.7 Å². The lowest BCUT2D eigenvalue weighted by molar-refractivity contribution is -0.643. The maximum Gasteiger partial charge on any atom is 0.224 e. The Hall–Kier alpha value is -3.64. The average Bonchev–Trinajstić information content (AvgIpc) is 3.07. The van der Waals surface area contributed by atoms with Gasteiger partial charge >= 0.3 is 0 Å². The lowest BCUT2D eigenvalue weighted by Crippen LogP contribution is -2.29. The van der Waals surface area contributed by atoms with Gasteiger partial charge in [-0.05, 0) is 60.4 Å². The summed E-state index contributed by atoms with van der Waals surface area (Å²) in [5.41, 5.74) is 9.46. The van der Waals surface area contributed by atoms with Gasteiger partial charge in [-0.2, -0.15) is 0 Å². The van der Waals surface area contributed by atoms with Gasteiger partial charge in [0.1, 0.15) is 7.05 Å². The van der Waals surface area contributed by atoms with Crippen LogP contribution in [0.5, 0.6) is 0 Å². The van der Waals surface area contributed by atoms with Gasteiger partial charge in [0.25, 0.3) is 0 Å². The van der Waals surface area contributed by atoms with Crippen LogP contribution < -0.4 is 4.57 Å². The van der Waals surface area contributed by atoms with Crippen LogP contribution >= 0.6 is 0 Å². The zero-order valence-corrected chi connectivity index (χ0v) is 17.0. The van der Waals surface area contributed by atoms with Gasteiger partial charge in [0, 0.05) is 11.5 Å². The highest BCUT2D eigenvalue weighted by molar-refractivity contribution is 6.30. The van der Waals surface area contributed by atoms with Crippen LogP contribution in [0, 0.1) is 27.3 Å². The van der Waals surface area contributed by atoms with Gasteiger partial charge in [-0.1, -0.05) is 24.3 Å². The van der Waals surface area contributed by atoms with Gasteiger partial charge in [0.2, 0.25) is 5.52 Å². The van der Waals surface area contributed by atoms with Crippen molar-refractivity contribution < 1.29 is 4.57 Å². The van der Waals surface area contributed by atoms with Crippen molar-refractivity contribution in [2.75, 3.05) is 0 Å². The van der Waals surface area contributed by atoms with Crippen molar-refractivity contribution in [3.05, 3.63) is 76.8 Å². The summed E-state index contributed by atoms with van der Waals surface area (Å²) in [6.07, 6.45) is 2.12. The molecule has 0 amide bonds. The second-order valence-corrected chi connectivity index (χ2v) is 8.18. The minimum atomic E-state index is 0.729. The average molecular weight is 374 g/mol. The second kappa shape index (κ2) is 5.24. The Morgan fingerprint density at radius 3 is 2.48 bits per heavy atom. The molecular weight excluding hydrogens is 354 g/mol. The van der Waals surface area contributed by atoms with Gasteiger partial charge in [-0.15, -0.1) is 0 Å². The predicted molar refractivity (Wildman–Crippen MR) is 120 cm³/mol. The van der Waals surface area contributed by atoms with Crippen LogP contribution in [0.3, 0.4) is 0 Å². The number of aromatic nitrogens is 2. The van der Waals surface area contributed by atoms with Gasteiger partial charge in [0.05, 0.1) is 33.9 Å². The highest BCUT2D eigenvalue weighted by atomic mass is 15.0. The van der Waals surface area contributed by atoms with Crippen LogP contribution in [0.15, 0.2) is 48.7 Å². The number of hydrogen-bond acceptors (Lipinski definition) is 0. The van der Waals surface area contributed by atoms with E-state index in [-0.39, 0.29) is 0 Å². The number of aryl methyl sites for hydroxylation is 4. The molecule has 3 aromatic heterocycles. The minimum absolute atomic E-state index is 0.729. The largest absolute Gasteiger partial charge is 0.309 e. The van der Waals surface area contributed by atoms with Gasteiger partial charge in [-0.25, -0.2) is 9.41 Å². The fourth-order valence-corrected chi connectivity index (χ4v) is 5.26. The molecule has 0 saturated carbocycles. The molecule has 0 aliphatic carbocycles. The maximum absolute atomic E-state index is 7.86. The number of hydrogen-bond donors (Lipinski definition) is 0. The van der Waals surface area contributed by atoms with Gasteiger partial charge in [0.15, 0.2) is 11.9 Å². The smallest absolute Gasteiger partial charge is 0.224 e. The molecule has 0 unspecified atom stereocenters. The molecule has 3 heteroatoms. The molecule has 0 aliphatic heterocycles. The molecule has 0 N–H and O–H groups in total. The van der Waals surface area contributed by atoms with Crippen LogP contribution in [0.25, 0.3) is 53.8 Å². The van der Waals surface area contributed by atoms with Crippen LogP contribution in [0.2, 0.25) is 0 Å². The number of benzene rings is 3. The Morgan fingerprint density at radius 2 is 1.69 bits per heavy atom. The van der Waals surface area contributed by atoms with E-state index in [0.29, 0.717) is 0 Å². The number of para-hydroxylation sites is 1. The summed E-state index contributed by atoms with van der Waals surface area (Å²) in [5, 5.41) is 5.90. The highest BCUT2D eigenvalue weighted by Crippen LogP contribution is 2.45. The summed E-state index contributed by atoms with van der Waals surface area (Å²) in [7, 11) is 2.13. The summed E-state index contributed by atoms with van der Waals surface area (Å²) in [4.78, 5) is 3.93. The minimum Gasteiger partial charge on any atom is -0.309 e. The van der Waals surface area contributed by atoms with E-state index in [1.165, 1.54) is 49.5 Å². The molecule has 0 atom stereocenters. The summed E-state index contributed by atoms with van der Waals surface area (Å²) in [5.74, 6) is 0. The zero-order chi connectivity index (χ0) is 20.0. The van der Waals surface area contributed by atoms with Crippen molar-refractivity contribution in [2.24, 2.45) is 7.05 Å². The molecule has 0 fully saturated rings. The molecule has 0 bridgehead atoms. The normalized spacial score (nSPS) is 12.1. The molecule has 0 radical (unpaired) electrons. The molecule has 29 heavy (non-hydrogen) atoms. The van der Waals surface area contributed by atoms with Crippen molar-refractivity contribution in [1.29, 1.82) is 0 Å². The van der Waals surface area contributed by atoms with E-state index < -0.39 is 0 Å². The van der Waals surface area contributed by atoms with E-state index in [4.69, 9.17) is 6.57 Å². The van der Waals surface area contributed by atoms with Crippen LogP contribution in [-0.2, 0) is 7.05 Å². The first kappa shape index (κ1) is 16.3.